The van der Waals surface area contributed by atoms with Crippen molar-refractivity contribution in [3.8, 4) is 0 Å². The smallest absolute Gasteiger partial charge is 0.311 e. The number of piperidine rings is 1. The normalized spacial score (nSPS) is 31.3. The highest BCUT2D eigenvalue weighted by Gasteiger charge is 2.45. The largest absolute Gasteiger partial charge is 0.481 e. The molecule has 2 aliphatic heterocycles. The van der Waals surface area contributed by atoms with Gasteiger partial charge in [0.05, 0.1) is 11.7 Å². The molecule has 2 heterocycles. The molecule has 0 radical (unpaired) electrons. The maximum atomic E-state index is 12.6. The van der Waals surface area contributed by atoms with Crippen LogP contribution in [0.5, 0.6) is 0 Å². The lowest BCUT2D eigenvalue weighted by atomic mass is 9.90. The summed E-state index contributed by atoms with van der Waals surface area (Å²) >= 11 is 0. The van der Waals surface area contributed by atoms with Crippen LogP contribution in [-0.2, 0) is 19.6 Å². The van der Waals surface area contributed by atoms with Crippen molar-refractivity contribution in [1.29, 1.82) is 0 Å². The first kappa shape index (κ1) is 16.2. The molecule has 2 rings (SSSR count). The Morgan fingerprint density at radius 2 is 1.90 bits per heavy atom. The van der Waals surface area contributed by atoms with E-state index in [0.717, 1.165) is 19.1 Å². The van der Waals surface area contributed by atoms with Crippen molar-refractivity contribution in [2.24, 2.45) is 5.41 Å². The summed E-state index contributed by atoms with van der Waals surface area (Å²) in [6, 6.07) is -0.676. The minimum Gasteiger partial charge on any atom is -0.481 e. The molecular weight excluding hydrogens is 296 g/mol. The monoisotopic (exact) mass is 318 g/mol. The molecular formula is C13H22N2O5S. The number of rotatable bonds is 3. The summed E-state index contributed by atoms with van der Waals surface area (Å²) in [7, 11) is -3.43. The molecule has 120 valence electrons. The van der Waals surface area contributed by atoms with Crippen molar-refractivity contribution in [2.45, 2.75) is 38.6 Å². The van der Waals surface area contributed by atoms with E-state index in [4.69, 9.17) is 0 Å². The van der Waals surface area contributed by atoms with E-state index in [1.807, 2.05) is 0 Å². The van der Waals surface area contributed by atoms with Gasteiger partial charge in [0.15, 0.2) is 0 Å². The standard InChI is InChI=1S/C13H22N2O5S/c1-13(12(17)18)6-8-14(9-13)11(16)10-5-3-4-7-15(10)21(2,19)20/h10H,3-9H2,1-2H3,(H,17,18)/t10-,13-/m1/s1. The predicted molar refractivity (Wildman–Crippen MR) is 76.1 cm³/mol. The van der Waals surface area contributed by atoms with Crippen molar-refractivity contribution in [3.05, 3.63) is 0 Å². The molecule has 1 amide bonds. The lowest BCUT2D eigenvalue weighted by Gasteiger charge is -2.35. The van der Waals surface area contributed by atoms with Crippen LogP contribution in [0.2, 0.25) is 0 Å². The van der Waals surface area contributed by atoms with Gasteiger partial charge in [-0.1, -0.05) is 6.42 Å². The van der Waals surface area contributed by atoms with Crippen LogP contribution in [0.25, 0.3) is 0 Å². The Hall–Kier alpha value is -1.15. The van der Waals surface area contributed by atoms with Crippen LogP contribution in [0.4, 0.5) is 0 Å². The summed E-state index contributed by atoms with van der Waals surface area (Å²) in [6.45, 7) is 2.50. The molecule has 0 aromatic carbocycles. The van der Waals surface area contributed by atoms with Crippen LogP contribution in [0.1, 0.15) is 32.6 Å². The van der Waals surface area contributed by atoms with E-state index >= 15 is 0 Å². The average Bonchev–Trinajstić information content (AvgIpc) is 2.81. The second kappa shape index (κ2) is 5.57. The molecule has 8 heteroatoms. The van der Waals surface area contributed by atoms with Gasteiger partial charge in [-0.25, -0.2) is 8.42 Å². The van der Waals surface area contributed by atoms with Gasteiger partial charge in [0.2, 0.25) is 15.9 Å². The second-order valence-corrected chi connectivity index (χ2v) is 8.20. The Morgan fingerprint density at radius 1 is 1.24 bits per heavy atom. The number of hydrogen-bond donors (Lipinski definition) is 1. The fourth-order valence-electron chi connectivity index (χ4n) is 3.08. The molecule has 0 aromatic rings. The van der Waals surface area contributed by atoms with E-state index < -0.39 is 27.4 Å². The van der Waals surface area contributed by atoms with Crippen LogP contribution in [0, 0.1) is 5.41 Å². The van der Waals surface area contributed by atoms with Crippen molar-refractivity contribution in [3.63, 3.8) is 0 Å². The lowest BCUT2D eigenvalue weighted by molar-refractivity contribution is -0.147. The lowest BCUT2D eigenvalue weighted by Crippen LogP contribution is -2.52. The number of likely N-dealkylation sites (tertiary alicyclic amines) is 1. The summed E-state index contributed by atoms with van der Waals surface area (Å²) in [5.41, 5.74) is -0.930. The highest BCUT2D eigenvalue weighted by Crippen LogP contribution is 2.32. The number of carbonyl (C=O) groups excluding carboxylic acids is 1. The fourth-order valence-corrected chi connectivity index (χ4v) is 4.20. The Morgan fingerprint density at radius 3 is 2.43 bits per heavy atom. The molecule has 21 heavy (non-hydrogen) atoms. The minimum atomic E-state index is -3.43. The molecule has 2 atom stereocenters. The number of hydrogen-bond acceptors (Lipinski definition) is 4. The number of amides is 1. The van der Waals surface area contributed by atoms with Crippen LogP contribution >= 0.6 is 0 Å². The Labute approximate surface area is 125 Å². The Balaban J connectivity index is 2.14. The number of sulfonamides is 1. The zero-order valence-corrected chi connectivity index (χ0v) is 13.2. The van der Waals surface area contributed by atoms with Crippen LogP contribution in [0.3, 0.4) is 0 Å². The highest BCUT2D eigenvalue weighted by atomic mass is 32.2. The zero-order valence-electron chi connectivity index (χ0n) is 12.4. The van der Waals surface area contributed by atoms with Crippen LogP contribution < -0.4 is 0 Å². The molecule has 0 bridgehead atoms. The molecule has 2 fully saturated rings. The SMILES string of the molecule is C[C@@]1(C(=O)O)CCN(C(=O)[C@H]2CCCCN2S(C)(=O)=O)C1. The van der Waals surface area contributed by atoms with E-state index in [1.165, 1.54) is 9.21 Å². The third-order valence-corrected chi connectivity index (χ3v) is 5.76. The predicted octanol–water partition coefficient (Wildman–Crippen LogP) is 0.124. The van der Waals surface area contributed by atoms with Gasteiger partial charge in [-0.05, 0) is 26.2 Å². The van der Waals surface area contributed by atoms with Gasteiger partial charge in [-0.3, -0.25) is 9.59 Å². The third-order valence-electron chi connectivity index (χ3n) is 4.47. The summed E-state index contributed by atoms with van der Waals surface area (Å²) in [4.78, 5) is 25.3. The fraction of sp³-hybridized carbons (Fsp3) is 0.846. The number of carboxylic acids is 1. The van der Waals surface area contributed by atoms with Gasteiger partial charge in [0.1, 0.15) is 6.04 Å². The zero-order chi connectivity index (χ0) is 15.8. The Kier molecular flexibility index (Phi) is 4.30. The number of nitrogens with zero attached hydrogens (tertiary/aromatic N) is 2. The van der Waals surface area contributed by atoms with Crippen LogP contribution in [-0.4, -0.2) is 66.5 Å². The molecule has 0 aliphatic carbocycles. The minimum absolute atomic E-state index is 0.148. The van der Waals surface area contributed by atoms with Crippen LogP contribution in [0.15, 0.2) is 0 Å². The number of carboxylic acid groups (broad SMARTS) is 1. The van der Waals surface area contributed by atoms with Gasteiger partial charge >= 0.3 is 5.97 Å². The Bertz CT molecular complexity index is 547. The van der Waals surface area contributed by atoms with Gasteiger partial charge in [0, 0.05) is 19.6 Å². The molecule has 2 saturated heterocycles. The van der Waals surface area contributed by atoms with E-state index in [0.29, 0.717) is 25.9 Å². The van der Waals surface area contributed by atoms with Gasteiger partial charge in [0.25, 0.3) is 0 Å². The van der Waals surface area contributed by atoms with E-state index in [-0.39, 0.29) is 12.5 Å². The van der Waals surface area contributed by atoms with Gasteiger partial charge < -0.3 is 10.0 Å². The molecule has 0 aromatic heterocycles. The van der Waals surface area contributed by atoms with E-state index in [2.05, 4.69) is 0 Å². The van der Waals surface area contributed by atoms with Crippen molar-refractivity contribution in [1.82, 2.24) is 9.21 Å². The van der Waals surface area contributed by atoms with E-state index in [9.17, 15) is 23.1 Å². The quantitative estimate of drug-likeness (QED) is 0.798. The van der Waals surface area contributed by atoms with Crippen molar-refractivity contribution < 1.29 is 23.1 Å². The first-order valence-corrected chi connectivity index (χ1v) is 8.99. The highest BCUT2D eigenvalue weighted by molar-refractivity contribution is 7.88. The summed E-state index contributed by atoms with van der Waals surface area (Å²) in [5.74, 6) is -1.17. The summed E-state index contributed by atoms with van der Waals surface area (Å²) in [5, 5.41) is 9.22. The summed E-state index contributed by atoms with van der Waals surface area (Å²) in [6.07, 6.45) is 3.59. The number of aliphatic carboxylic acids is 1. The maximum absolute atomic E-state index is 12.6. The molecule has 1 N–H and O–H groups in total. The molecule has 0 spiro atoms. The van der Waals surface area contributed by atoms with E-state index in [1.54, 1.807) is 6.92 Å². The van der Waals surface area contributed by atoms with Crippen molar-refractivity contribution >= 4 is 21.9 Å². The molecule has 0 unspecified atom stereocenters. The molecule has 7 nitrogen and oxygen atoms in total. The van der Waals surface area contributed by atoms with Gasteiger partial charge in [-0.2, -0.15) is 4.31 Å². The third kappa shape index (κ3) is 3.21. The first-order chi connectivity index (χ1) is 9.65. The maximum Gasteiger partial charge on any atom is 0.311 e. The molecule has 2 aliphatic rings. The number of carbonyl (C=O) groups is 2. The van der Waals surface area contributed by atoms with Crippen molar-refractivity contribution in [2.75, 3.05) is 25.9 Å². The van der Waals surface area contributed by atoms with Gasteiger partial charge in [-0.15, -0.1) is 0 Å². The first-order valence-electron chi connectivity index (χ1n) is 7.14. The topological polar surface area (TPSA) is 95.0 Å². The summed E-state index contributed by atoms with van der Waals surface area (Å²) < 4.78 is 24.9. The second-order valence-electron chi connectivity index (χ2n) is 6.26. The average molecular weight is 318 g/mol. The molecule has 0 saturated carbocycles.